The van der Waals surface area contributed by atoms with Crippen LogP contribution in [0.15, 0.2) is 53.4 Å². The first-order chi connectivity index (χ1) is 13.4. The fourth-order valence-corrected chi connectivity index (χ4v) is 3.86. The van der Waals surface area contributed by atoms with E-state index >= 15 is 0 Å². The number of hydrogen-bond acceptors (Lipinski definition) is 5. The number of sulfonamides is 1. The van der Waals surface area contributed by atoms with E-state index in [1.165, 1.54) is 32.4 Å². The molecule has 2 aromatic rings. The number of rotatable bonds is 10. The van der Waals surface area contributed by atoms with Gasteiger partial charge in [0.2, 0.25) is 15.9 Å². The molecule has 7 nitrogen and oxygen atoms in total. The lowest BCUT2D eigenvalue weighted by Gasteiger charge is -2.19. The maximum absolute atomic E-state index is 12.9. The smallest absolute Gasteiger partial charge is 0.241 e. The molecule has 0 bridgehead atoms. The summed E-state index contributed by atoms with van der Waals surface area (Å²) < 4.78 is 38.6. The normalized spacial score (nSPS) is 12.2. The second-order valence-corrected chi connectivity index (χ2v) is 7.89. The van der Waals surface area contributed by atoms with Crippen molar-refractivity contribution in [2.75, 3.05) is 20.8 Å². The van der Waals surface area contributed by atoms with E-state index < -0.39 is 16.1 Å². The Bertz CT molecular complexity index is 885. The highest BCUT2D eigenvalue weighted by molar-refractivity contribution is 7.89. The van der Waals surface area contributed by atoms with Gasteiger partial charge in [-0.2, -0.15) is 4.72 Å². The molecule has 0 aliphatic rings. The van der Waals surface area contributed by atoms with Crippen molar-refractivity contribution in [3.63, 3.8) is 0 Å². The summed E-state index contributed by atoms with van der Waals surface area (Å²) in [6.45, 7) is 2.41. The molecule has 0 heterocycles. The minimum absolute atomic E-state index is 0.00787. The number of ether oxygens (including phenoxy) is 2. The van der Waals surface area contributed by atoms with E-state index in [1.54, 1.807) is 0 Å². The van der Waals surface area contributed by atoms with Crippen LogP contribution in [0.2, 0.25) is 0 Å². The molecule has 0 radical (unpaired) electrons. The van der Waals surface area contributed by atoms with Crippen molar-refractivity contribution in [2.24, 2.45) is 0 Å². The quantitative estimate of drug-likeness (QED) is 0.630. The Morgan fingerprint density at radius 3 is 2.32 bits per heavy atom. The number of benzene rings is 2. The van der Waals surface area contributed by atoms with Crippen LogP contribution in [0.3, 0.4) is 0 Å². The largest absolute Gasteiger partial charge is 0.493 e. The Kier molecular flexibility index (Phi) is 7.83. The van der Waals surface area contributed by atoms with Gasteiger partial charge in [-0.05, 0) is 30.5 Å². The first kappa shape index (κ1) is 21.7. The SMILES string of the molecule is CCCNC(=O)C(Cc1ccccc1)NS(=O)(=O)c1ccc(OC)c(OC)c1. The molecule has 152 valence electrons. The summed E-state index contributed by atoms with van der Waals surface area (Å²) in [7, 11) is -1.05. The van der Waals surface area contributed by atoms with Gasteiger partial charge in [-0.15, -0.1) is 0 Å². The highest BCUT2D eigenvalue weighted by Crippen LogP contribution is 2.29. The summed E-state index contributed by atoms with van der Waals surface area (Å²) in [5.41, 5.74) is 0.856. The first-order valence-electron chi connectivity index (χ1n) is 8.97. The highest BCUT2D eigenvalue weighted by atomic mass is 32.2. The fourth-order valence-electron chi connectivity index (χ4n) is 2.65. The number of carbonyl (C=O) groups is 1. The molecule has 0 aliphatic heterocycles. The van der Waals surface area contributed by atoms with Gasteiger partial charge in [0.05, 0.1) is 19.1 Å². The zero-order valence-corrected chi connectivity index (χ0v) is 17.1. The average molecular weight is 407 g/mol. The third kappa shape index (κ3) is 5.71. The highest BCUT2D eigenvalue weighted by Gasteiger charge is 2.26. The zero-order valence-electron chi connectivity index (χ0n) is 16.3. The van der Waals surface area contributed by atoms with E-state index in [-0.39, 0.29) is 17.2 Å². The lowest BCUT2D eigenvalue weighted by Crippen LogP contribution is -2.48. The number of amides is 1. The molecule has 0 aliphatic carbocycles. The molecule has 2 aromatic carbocycles. The molecule has 28 heavy (non-hydrogen) atoms. The third-order valence-corrected chi connectivity index (χ3v) is 5.58. The summed E-state index contributed by atoms with van der Waals surface area (Å²) in [6, 6.07) is 12.6. The maximum Gasteiger partial charge on any atom is 0.241 e. The molecule has 1 unspecified atom stereocenters. The fraction of sp³-hybridized carbons (Fsp3) is 0.350. The lowest BCUT2D eigenvalue weighted by molar-refractivity contribution is -0.122. The summed E-state index contributed by atoms with van der Waals surface area (Å²) in [6.07, 6.45) is 0.995. The zero-order chi connectivity index (χ0) is 20.6. The van der Waals surface area contributed by atoms with Gasteiger partial charge in [-0.1, -0.05) is 37.3 Å². The van der Waals surface area contributed by atoms with Crippen molar-refractivity contribution in [1.82, 2.24) is 10.0 Å². The van der Waals surface area contributed by atoms with Crippen molar-refractivity contribution in [3.05, 3.63) is 54.1 Å². The number of carbonyl (C=O) groups excluding carboxylic acids is 1. The molecule has 1 amide bonds. The van der Waals surface area contributed by atoms with Gasteiger partial charge in [-0.25, -0.2) is 8.42 Å². The molecule has 2 N–H and O–H groups in total. The van der Waals surface area contributed by atoms with Gasteiger partial charge in [0.25, 0.3) is 0 Å². The monoisotopic (exact) mass is 406 g/mol. The number of methoxy groups -OCH3 is 2. The Hall–Kier alpha value is -2.58. The Morgan fingerprint density at radius 1 is 1.04 bits per heavy atom. The van der Waals surface area contributed by atoms with Crippen LogP contribution in [-0.2, 0) is 21.2 Å². The lowest BCUT2D eigenvalue weighted by atomic mass is 10.1. The molecule has 8 heteroatoms. The van der Waals surface area contributed by atoms with Crippen LogP contribution in [0.5, 0.6) is 11.5 Å². The van der Waals surface area contributed by atoms with Gasteiger partial charge in [0, 0.05) is 12.6 Å². The van der Waals surface area contributed by atoms with Crippen LogP contribution in [0.1, 0.15) is 18.9 Å². The summed E-state index contributed by atoms with van der Waals surface area (Å²) in [4.78, 5) is 12.5. The molecule has 0 saturated carbocycles. The van der Waals surface area contributed by atoms with Gasteiger partial charge in [-0.3, -0.25) is 4.79 Å². The summed E-state index contributed by atoms with van der Waals surface area (Å²) in [5, 5.41) is 2.76. The molecular weight excluding hydrogens is 380 g/mol. The number of hydrogen-bond donors (Lipinski definition) is 2. The first-order valence-corrected chi connectivity index (χ1v) is 10.5. The van der Waals surface area contributed by atoms with Crippen molar-refractivity contribution in [1.29, 1.82) is 0 Å². The maximum atomic E-state index is 12.9. The van der Waals surface area contributed by atoms with E-state index in [9.17, 15) is 13.2 Å². The van der Waals surface area contributed by atoms with Crippen LogP contribution < -0.4 is 19.5 Å². The van der Waals surface area contributed by atoms with Crippen LogP contribution in [0.25, 0.3) is 0 Å². The average Bonchev–Trinajstić information content (AvgIpc) is 2.71. The van der Waals surface area contributed by atoms with Gasteiger partial charge in [0.1, 0.15) is 6.04 Å². The van der Waals surface area contributed by atoms with E-state index in [4.69, 9.17) is 9.47 Å². The van der Waals surface area contributed by atoms with Crippen molar-refractivity contribution in [3.8, 4) is 11.5 Å². The number of nitrogens with one attached hydrogen (secondary N) is 2. The van der Waals surface area contributed by atoms with Gasteiger partial charge >= 0.3 is 0 Å². The standard InChI is InChI=1S/C20H26N2O5S/c1-4-12-21-20(23)17(13-15-8-6-5-7-9-15)22-28(24,25)16-10-11-18(26-2)19(14-16)27-3/h5-11,14,17,22H,4,12-13H2,1-3H3,(H,21,23). The molecule has 0 saturated heterocycles. The minimum atomic E-state index is -3.95. The van der Waals surface area contributed by atoms with E-state index in [0.29, 0.717) is 18.0 Å². The second-order valence-electron chi connectivity index (χ2n) is 6.17. The van der Waals surface area contributed by atoms with Crippen molar-refractivity contribution >= 4 is 15.9 Å². The van der Waals surface area contributed by atoms with E-state index in [1.807, 2.05) is 37.3 Å². The van der Waals surface area contributed by atoms with Crippen LogP contribution >= 0.6 is 0 Å². The van der Waals surface area contributed by atoms with Crippen LogP contribution in [-0.4, -0.2) is 41.1 Å². The van der Waals surface area contributed by atoms with Gasteiger partial charge in [0.15, 0.2) is 11.5 Å². The molecule has 1 atom stereocenters. The Labute approximate surface area is 166 Å². The van der Waals surface area contributed by atoms with E-state index in [2.05, 4.69) is 10.0 Å². The predicted octanol–water partition coefficient (Wildman–Crippen LogP) is 2.12. The summed E-state index contributed by atoms with van der Waals surface area (Å²) in [5.74, 6) is 0.346. The van der Waals surface area contributed by atoms with E-state index in [0.717, 1.165) is 12.0 Å². The second kappa shape index (κ2) is 10.1. The third-order valence-electron chi connectivity index (χ3n) is 4.11. The van der Waals surface area contributed by atoms with Crippen molar-refractivity contribution in [2.45, 2.75) is 30.7 Å². The van der Waals surface area contributed by atoms with Crippen LogP contribution in [0, 0.1) is 0 Å². The predicted molar refractivity (Wildman–Crippen MR) is 107 cm³/mol. The van der Waals surface area contributed by atoms with Crippen molar-refractivity contribution < 1.29 is 22.7 Å². The summed E-state index contributed by atoms with van der Waals surface area (Å²) >= 11 is 0. The minimum Gasteiger partial charge on any atom is -0.493 e. The Morgan fingerprint density at radius 2 is 1.71 bits per heavy atom. The molecule has 0 spiro atoms. The molecule has 2 rings (SSSR count). The molecular formula is C20H26N2O5S. The molecule has 0 aromatic heterocycles. The van der Waals surface area contributed by atoms with Gasteiger partial charge < -0.3 is 14.8 Å². The molecule has 0 fully saturated rings. The Balaban J connectivity index is 2.29. The van der Waals surface area contributed by atoms with Crippen LogP contribution in [0.4, 0.5) is 0 Å². The topological polar surface area (TPSA) is 93.7 Å².